The number of aromatic nitrogens is 1. The van der Waals surface area contributed by atoms with E-state index in [0.717, 1.165) is 23.1 Å². The van der Waals surface area contributed by atoms with Crippen LogP contribution >= 0.6 is 0 Å². The molecule has 0 spiro atoms. The van der Waals surface area contributed by atoms with Crippen molar-refractivity contribution in [3.05, 3.63) is 41.7 Å². The first-order valence-corrected chi connectivity index (χ1v) is 9.50. The zero-order chi connectivity index (χ0) is 17.7. The van der Waals surface area contributed by atoms with Crippen molar-refractivity contribution < 1.29 is 14.2 Å². The fourth-order valence-electron chi connectivity index (χ4n) is 5.36. The molecule has 2 aromatic rings. The number of carbonyl (C=O) groups excluding carboxylic acids is 1. The number of benzene rings is 1. The first kappa shape index (κ1) is 15.8. The van der Waals surface area contributed by atoms with Crippen molar-refractivity contribution in [3.8, 4) is 11.3 Å². The van der Waals surface area contributed by atoms with Gasteiger partial charge in [0.2, 0.25) is 0 Å². The second-order valence-corrected chi connectivity index (χ2v) is 8.03. The zero-order valence-corrected chi connectivity index (χ0v) is 14.9. The van der Waals surface area contributed by atoms with E-state index in [0.29, 0.717) is 28.9 Å². The van der Waals surface area contributed by atoms with Crippen LogP contribution in [-0.2, 0) is 4.84 Å². The fraction of sp³-hybridized carbons (Fsp3) is 0.476. The molecule has 4 saturated carbocycles. The van der Waals surface area contributed by atoms with Crippen LogP contribution in [0.2, 0.25) is 0 Å². The Hall–Kier alpha value is -2.43. The number of nitrogens with zero attached hydrogens (tertiary/aromatic N) is 2. The van der Waals surface area contributed by atoms with Gasteiger partial charge in [-0.3, -0.25) is 0 Å². The van der Waals surface area contributed by atoms with Crippen molar-refractivity contribution in [1.82, 2.24) is 5.16 Å². The van der Waals surface area contributed by atoms with Crippen molar-refractivity contribution in [2.24, 2.45) is 28.8 Å². The standard InChI is InChI=1S/C21H22N2O3/c1-12-18(20(23-25-12)15-5-3-2-4-6-15)21(24)26-22-19-16-8-13-7-14(10-16)11-17(19)9-13/h2-6,13-14,16-17H,7-11H2,1H3. The van der Waals surface area contributed by atoms with Crippen molar-refractivity contribution >= 4 is 11.7 Å². The highest BCUT2D eigenvalue weighted by molar-refractivity contribution is 5.98. The highest BCUT2D eigenvalue weighted by atomic mass is 16.7. The van der Waals surface area contributed by atoms with E-state index < -0.39 is 5.97 Å². The van der Waals surface area contributed by atoms with E-state index >= 15 is 0 Å². The lowest BCUT2D eigenvalue weighted by molar-refractivity contribution is 0.0482. The van der Waals surface area contributed by atoms with Gasteiger partial charge in [-0.15, -0.1) is 0 Å². The Morgan fingerprint density at radius 3 is 2.38 bits per heavy atom. The van der Waals surface area contributed by atoms with Gasteiger partial charge in [-0.05, 0) is 50.9 Å². The summed E-state index contributed by atoms with van der Waals surface area (Å²) in [5, 5.41) is 8.40. The van der Waals surface area contributed by atoms with E-state index in [9.17, 15) is 4.79 Å². The lowest BCUT2D eigenvalue weighted by atomic mass is 9.55. The molecular formula is C21H22N2O3. The summed E-state index contributed by atoms with van der Waals surface area (Å²) in [5.41, 5.74) is 2.82. The SMILES string of the molecule is Cc1onc(-c2ccccc2)c1C(=O)ON=C1C2CC3CC(C2)CC1C3. The molecule has 26 heavy (non-hydrogen) atoms. The van der Waals surface area contributed by atoms with Gasteiger partial charge in [-0.1, -0.05) is 40.6 Å². The smallest absolute Gasteiger partial charge is 0.360 e. The van der Waals surface area contributed by atoms with Crippen LogP contribution in [0.3, 0.4) is 0 Å². The Bertz CT molecular complexity index is 839. The highest BCUT2D eigenvalue weighted by Crippen LogP contribution is 2.52. The van der Waals surface area contributed by atoms with Crippen LogP contribution in [0.1, 0.15) is 48.2 Å². The molecule has 4 fully saturated rings. The van der Waals surface area contributed by atoms with Gasteiger partial charge in [0, 0.05) is 17.4 Å². The summed E-state index contributed by atoms with van der Waals surface area (Å²) < 4.78 is 5.26. The van der Waals surface area contributed by atoms with Gasteiger partial charge in [0.25, 0.3) is 0 Å². The molecule has 134 valence electrons. The van der Waals surface area contributed by atoms with Gasteiger partial charge >= 0.3 is 5.97 Å². The Morgan fingerprint density at radius 2 is 1.73 bits per heavy atom. The summed E-state index contributed by atoms with van der Waals surface area (Å²) in [7, 11) is 0. The number of oxime groups is 1. The van der Waals surface area contributed by atoms with Crippen LogP contribution in [0, 0.1) is 30.6 Å². The summed E-state index contributed by atoms with van der Waals surface area (Å²) in [4.78, 5) is 18.1. The minimum absolute atomic E-state index is 0.365. The minimum atomic E-state index is -0.482. The predicted molar refractivity (Wildman–Crippen MR) is 96.6 cm³/mol. The Balaban J connectivity index is 1.39. The van der Waals surface area contributed by atoms with E-state index in [1.807, 2.05) is 30.3 Å². The lowest BCUT2D eigenvalue weighted by Crippen LogP contribution is -2.45. The maximum absolute atomic E-state index is 12.7. The van der Waals surface area contributed by atoms with Crippen LogP contribution in [0.5, 0.6) is 0 Å². The summed E-state index contributed by atoms with van der Waals surface area (Å²) in [6, 6.07) is 9.54. The van der Waals surface area contributed by atoms with E-state index in [1.54, 1.807) is 6.92 Å². The molecule has 5 heteroatoms. The first-order chi connectivity index (χ1) is 12.7. The molecule has 4 aliphatic carbocycles. The topological polar surface area (TPSA) is 64.7 Å². The number of hydrogen-bond acceptors (Lipinski definition) is 5. The van der Waals surface area contributed by atoms with Gasteiger partial charge in [0.05, 0.1) is 5.71 Å². The Labute approximate surface area is 152 Å². The number of aryl methyl sites for hydroxylation is 1. The molecular weight excluding hydrogens is 328 g/mol. The van der Waals surface area contributed by atoms with Crippen LogP contribution < -0.4 is 0 Å². The largest absolute Gasteiger partial charge is 0.371 e. The zero-order valence-electron chi connectivity index (χ0n) is 14.9. The number of rotatable bonds is 3. The maximum atomic E-state index is 12.7. The predicted octanol–water partition coefficient (Wildman–Crippen LogP) is 4.62. The molecule has 0 atom stereocenters. The third-order valence-electron chi connectivity index (χ3n) is 6.32. The van der Waals surface area contributed by atoms with Crippen LogP contribution in [0.25, 0.3) is 11.3 Å². The van der Waals surface area contributed by atoms with Crippen molar-refractivity contribution in [3.63, 3.8) is 0 Å². The highest BCUT2D eigenvalue weighted by Gasteiger charge is 2.46. The third-order valence-corrected chi connectivity index (χ3v) is 6.32. The monoisotopic (exact) mass is 350 g/mol. The molecule has 0 aliphatic heterocycles. The average molecular weight is 350 g/mol. The quantitative estimate of drug-likeness (QED) is 0.598. The van der Waals surface area contributed by atoms with Gasteiger partial charge in [-0.2, -0.15) is 0 Å². The fourth-order valence-corrected chi connectivity index (χ4v) is 5.36. The summed E-state index contributed by atoms with van der Waals surface area (Å²) in [5.74, 6) is 2.71. The van der Waals surface area contributed by atoms with Gasteiger partial charge < -0.3 is 9.36 Å². The van der Waals surface area contributed by atoms with Gasteiger partial charge in [0.1, 0.15) is 17.0 Å². The lowest BCUT2D eigenvalue weighted by Gasteiger charge is -2.49. The van der Waals surface area contributed by atoms with Crippen LogP contribution in [0.15, 0.2) is 40.0 Å². The molecule has 4 bridgehead atoms. The second-order valence-electron chi connectivity index (χ2n) is 8.03. The first-order valence-electron chi connectivity index (χ1n) is 9.50. The van der Waals surface area contributed by atoms with Crippen LogP contribution in [0.4, 0.5) is 0 Å². The maximum Gasteiger partial charge on any atom is 0.371 e. The molecule has 0 N–H and O–H groups in total. The minimum Gasteiger partial charge on any atom is -0.360 e. The average Bonchev–Trinajstić information content (AvgIpc) is 3.03. The van der Waals surface area contributed by atoms with Gasteiger partial charge in [-0.25, -0.2) is 4.79 Å². The molecule has 4 aliphatic rings. The molecule has 1 aromatic carbocycles. The molecule has 1 aromatic heterocycles. The van der Waals surface area contributed by atoms with Crippen molar-refractivity contribution in [2.45, 2.75) is 39.0 Å². The molecule has 0 unspecified atom stereocenters. The van der Waals surface area contributed by atoms with Crippen LogP contribution in [-0.4, -0.2) is 16.8 Å². The number of hydrogen-bond donors (Lipinski definition) is 0. The van der Waals surface area contributed by atoms with Gasteiger partial charge in [0.15, 0.2) is 0 Å². The Morgan fingerprint density at radius 1 is 1.08 bits per heavy atom. The molecule has 6 rings (SSSR count). The van der Waals surface area contributed by atoms with E-state index in [4.69, 9.17) is 9.36 Å². The summed E-state index contributed by atoms with van der Waals surface area (Å²) in [6.45, 7) is 1.73. The molecule has 0 saturated heterocycles. The molecule has 0 radical (unpaired) electrons. The molecule has 0 amide bonds. The summed E-state index contributed by atoms with van der Waals surface area (Å²) >= 11 is 0. The van der Waals surface area contributed by atoms with Crippen molar-refractivity contribution in [1.29, 1.82) is 0 Å². The number of carbonyl (C=O) groups is 1. The third kappa shape index (κ3) is 2.57. The Kier molecular flexibility index (Phi) is 3.69. The van der Waals surface area contributed by atoms with E-state index in [-0.39, 0.29) is 0 Å². The normalized spacial score (nSPS) is 29.0. The van der Waals surface area contributed by atoms with E-state index in [2.05, 4.69) is 10.3 Å². The van der Waals surface area contributed by atoms with Crippen molar-refractivity contribution in [2.75, 3.05) is 0 Å². The van der Waals surface area contributed by atoms with E-state index in [1.165, 1.54) is 32.1 Å². The summed E-state index contributed by atoms with van der Waals surface area (Å²) in [6.07, 6.45) is 6.24. The molecule has 1 heterocycles. The molecule has 5 nitrogen and oxygen atoms in total. The second kappa shape index (κ2) is 6.08.